The van der Waals surface area contributed by atoms with E-state index in [0.29, 0.717) is 12.4 Å². The molecule has 3 aromatic heterocycles. The Kier molecular flexibility index (Phi) is 4.53. The van der Waals surface area contributed by atoms with Crippen LogP contribution in [0.3, 0.4) is 0 Å². The minimum absolute atomic E-state index is 0.0543. The summed E-state index contributed by atoms with van der Waals surface area (Å²) in [5.74, 6) is 0.636. The molecule has 1 atom stereocenters. The topological polar surface area (TPSA) is 80.0 Å². The summed E-state index contributed by atoms with van der Waals surface area (Å²) in [7, 11) is 0. The SMILES string of the molecule is Cc1ccn(-c2ccnc(C(=O)N3CCN(c4ccncc4)CC3C)n2)n1. The molecule has 1 saturated heterocycles. The van der Waals surface area contributed by atoms with E-state index in [2.05, 4.69) is 25.0 Å². The van der Waals surface area contributed by atoms with E-state index < -0.39 is 0 Å². The van der Waals surface area contributed by atoms with Gasteiger partial charge in [0.2, 0.25) is 5.82 Å². The Bertz CT molecular complexity index is 940. The van der Waals surface area contributed by atoms with E-state index in [4.69, 9.17) is 0 Å². The van der Waals surface area contributed by atoms with Crippen molar-refractivity contribution < 1.29 is 4.79 Å². The van der Waals surface area contributed by atoms with Crippen LogP contribution in [0.2, 0.25) is 0 Å². The van der Waals surface area contributed by atoms with Gasteiger partial charge in [-0.3, -0.25) is 9.78 Å². The first-order valence-electron chi connectivity index (χ1n) is 8.93. The van der Waals surface area contributed by atoms with E-state index in [1.165, 1.54) is 0 Å². The Morgan fingerprint density at radius 1 is 1.11 bits per heavy atom. The van der Waals surface area contributed by atoms with E-state index in [1.54, 1.807) is 29.3 Å². The third-order valence-electron chi connectivity index (χ3n) is 4.71. The summed E-state index contributed by atoms with van der Waals surface area (Å²) in [6, 6.07) is 7.67. The maximum absolute atomic E-state index is 13.0. The molecule has 3 aromatic rings. The molecule has 4 heterocycles. The molecular weight excluding hydrogens is 342 g/mol. The van der Waals surface area contributed by atoms with Crippen LogP contribution < -0.4 is 4.90 Å². The minimum Gasteiger partial charge on any atom is -0.368 e. The van der Waals surface area contributed by atoms with Crippen LogP contribution >= 0.6 is 0 Å². The van der Waals surface area contributed by atoms with Crippen LogP contribution in [-0.4, -0.2) is 61.2 Å². The highest BCUT2D eigenvalue weighted by atomic mass is 16.2. The highest BCUT2D eigenvalue weighted by molar-refractivity contribution is 5.91. The highest BCUT2D eigenvalue weighted by Gasteiger charge is 2.29. The highest BCUT2D eigenvalue weighted by Crippen LogP contribution is 2.19. The van der Waals surface area contributed by atoms with E-state index in [9.17, 15) is 4.79 Å². The normalized spacial score (nSPS) is 17.2. The lowest BCUT2D eigenvalue weighted by molar-refractivity contribution is 0.0661. The van der Waals surface area contributed by atoms with Gasteiger partial charge in [0.25, 0.3) is 5.91 Å². The average Bonchev–Trinajstić information content (AvgIpc) is 3.14. The fraction of sp³-hybridized carbons (Fsp3) is 0.316. The lowest BCUT2D eigenvalue weighted by Gasteiger charge is -2.40. The van der Waals surface area contributed by atoms with E-state index in [-0.39, 0.29) is 17.8 Å². The molecule has 1 aliphatic heterocycles. The van der Waals surface area contributed by atoms with Gasteiger partial charge in [0.05, 0.1) is 5.69 Å². The van der Waals surface area contributed by atoms with Crippen LogP contribution in [0.4, 0.5) is 5.69 Å². The van der Waals surface area contributed by atoms with Crippen molar-refractivity contribution in [3.8, 4) is 5.82 Å². The molecule has 0 N–H and O–H groups in total. The Hall–Kier alpha value is -3.29. The number of piperazine rings is 1. The fourth-order valence-corrected chi connectivity index (χ4v) is 3.30. The minimum atomic E-state index is -0.150. The molecule has 0 radical (unpaired) electrons. The van der Waals surface area contributed by atoms with Crippen molar-refractivity contribution in [3.05, 3.63) is 60.6 Å². The molecule has 1 fully saturated rings. The molecule has 27 heavy (non-hydrogen) atoms. The number of pyridine rings is 1. The molecule has 0 aromatic carbocycles. The number of aryl methyl sites for hydroxylation is 1. The monoisotopic (exact) mass is 363 g/mol. The molecule has 138 valence electrons. The summed E-state index contributed by atoms with van der Waals surface area (Å²) in [6.45, 7) is 6.10. The standard InChI is InChI=1S/C19H21N7O/c1-14-6-10-26(23-14)17-5-9-21-18(22-17)19(27)25-12-11-24(13-15(25)2)16-3-7-20-8-4-16/h3-10,15H,11-13H2,1-2H3. The molecule has 0 spiro atoms. The number of hydrogen-bond acceptors (Lipinski definition) is 6. The third kappa shape index (κ3) is 3.51. The van der Waals surface area contributed by atoms with Crippen molar-refractivity contribution in [2.45, 2.75) is 19.9 Å². The summed E-state index contributed by atoms with van der Waals surface area (Å²) < 4.78 is 1.65. The van der Waals surface area contributed by atoms with Crippen LogP contribution in [-0.2, 0) is 0 Å². The lowest BCUT2D eigenvalue weighted by atomic mass is 10.1. The van der Waals surface area contributed by atoms with Crippen LogP contribution in [0, 0.1) is 6.92 Å². The van der Waals surface area contributed by atoms with E-state index in [0.717, 1.165) is 24.5 Å². The van der Waals surface area contributed by atoms with Crippen molar-refractivity contribution in [2.75, 3.05) is 24.5 Å². The molecule has 1 amide bonds. The number of rotatable bonds is 3. The zero-order valence-corrected chi connectivity index (χ0v) is 15.4. The molecule has 8 nitrogen and oxygen atoms in total. The molecule has 8 heteroatoms. The Morgan fingerprint density at radius 2 is 1.93 bits per heavy atom. The fourth-order valence-electron chi connectivity index (χ4n) is 3.30. The second-order valence-electron chi connectivity index (χ2n) is 6.64. The van der Waals surface area contributed by atoms with Gasteiger partial charge < -0.3 is 9.80 Å². The summed E-state index contributed by atoms with van der Waals surface area (Å²) in [4.78, 5) is 29.8. The van der Waals surface area contributed by atoms with E-state index in [1.807, 2.05) is 43.1 Å². The van der Waals surface area contributed by atoms with Crippen LogP contribution in [0.25, 0.3) is 5.82 Å². The number of hydrogen-bond donors (Lipinski definition) is 0. The number of aromatic nitrogens is 5. The van der Waals surface area contributed by atoms with Gasteiger partial charge in [-0.1, -0.05) is 0 Å². The number of carbonyl (C=O) groups excluding carboxylic acids is 1. The lowest BCUT2D eigenvalue weighted by Crippen LogP contribution is -2.54. The van der Waals surface area contributed by atoms with Crippen LogP contribution in [0.15, 0.2) is 49.1 Å². The molecule has 0 aliphatic carbocycles. The summed E-state index contributed by atoms with van der Waals surface area (Å²) in [5, 5.41) is 4.34. The number of anilines is 1. The predicted molar refractivity (Wildman–Crippen MR) is 101 cm³/mol. The molecular formula is C19H21N7O. The second-order valence-corrected chi connectivity index (χ2v) is 6.64. The Labute approximate surface area is 157 Å². The van der Waals surface area contributed by atoms with Gasteiger partial charge in [-0.2, -0.15) is 5.10 Å². The molecule has 1 aliphatic rings. The first-order valence-corrected chi connectivity index (χ1v) is 8.93. The summed E-state index contributed by atoms with van der Waals surface area (Å²) in [6.07, 6.45) is 6.99. The zero-order valence-electron chi connectivity index (χ0n) is 15.4. The molecule has 1 unspecified atom stereocenters. The third-order valence-corrected chi connectivity index (χ3v) is 4.71. The van der Waals surface area contributed by atoms with Gasteiger partial charge in [-0.15, -0.1) is 0 Å². The first kappa shape index (κ1) is 17.1. The van der Waals surface area contributed by atoms with Crippen molar-refractivity contribution in [3.63, 3.8) is 0 Å². The first-order chi connectivity index (χ1) is 13.1. The van der Waals surface area contributed by atoms with Gasteiger partial charge >= 0.3 is 0 Å². The second kappa shape index (κ2) is 7.14. The smallest absolute Gasteiger partial charge is 0.292 e. The quantitative estimate of drug-likeness (QED) is 0.705. The number of amides is 1. The van der Waals surface area contributed by atoms with Crippen molar-refractivity contribution >= 4 is 11.6 Å². The van der Waals surface area contributed by atoms with Gasteiger partial charge in [-0.25, -0.2) is 14.6 Å². The predicted octanol–water partition coefficient (Wildman–Crippen LogP) is 1.72. The van der Waals surface area contributed by atoms with Gasteiger partial charge in [0, 0.05) is 62.2 Å². The van der Waals surface area contributed by atoms with Crippen molar-refractivity contribution in [1.82, 2.24) is 29.6 Å². The Morgan fingerprint density at radius 3 is 2.63 bits per heavy atom. The van der Waals surface area contributed by atoms with Crippen molar-refractivity contribution in [1.29, 1.82) is 0 Å². The van der Waals surface area contributed by atoms with E-state index >= 15 is 0 Å². The maximum Gasteiger partial charge on any atom is 0.292 e. The van der Waals surface area contributed by atoms with Crippen molar-refractivity contribution in [2.24, 2.45) is 0 Å². The van der Waals surface area contributed by atoms with Gasteiger partial charge in [-0.05, 0) is 32.0 Å². The van der Waals surface area contributed by atoms with Gasteiger partial charge in [0.1, 0.15) is 0 Å². The molecule has 4 rings (SSSR count). The summed E-state index contributed by atoms with van der Waals surface area (Å²) in [5.41, 5.74) is 2.01. The number of carbonyl (C=O) groups is 1. The van der Waals surface area contributed by atoms with Crippen LogP contribution in [0.5, 0.6) is 0 Å². The summed E-state index contributed by atoms with van der Waals surface area (Å²) >= 11 is 0. The number of nitrogens with zero attached hydrogens (tertiary/aromatic N) is 7. The Balaban J connectivity index is 1.50. The largest absolute Gasteiger partial charge is 0.368 e. The van der Waals surface area contributed by atoms with Gasteiger partial charge in [0.15, 0.2) is 5.82 Å². The molecule has 0 bridgehead atoms. The maximum atomic E-state index is 13.0. The van der Waals surface area contributed by atoms with Crippen LogP contribution in [0.1, 0.15) is 23.2 Å². The zero-order chi connectivity index (χ0) is 18.8. The average molecular weight is 363 g/mol. The molecule has 0 saturated carbocycles.